The zero-order valence-electron chi connectivity index (χ0n) is 13.8. The summed E-state index contributed by atoms with van der Waals surface area (Å²) in [4.78, 5) is 23.7. The minimum absolute atomic E-state index is 0.00490. The average Bonchev–Trinajstić information content (AvgIpc) is 3.17. The molecule has 25 heavy (non-hydrogen) atoms. The molecule has 0 aromatic heterocycles. The maximum atomic E-state index is 12.1. The molecule has 0 spiro atoms. The number of ether oxygens (including phenoxy) is 2. The van der Waals surface area contributed by atoms with E-state index in [2.05, 4.69) is 10.1 Å². The summed E-state index contributed by atoms with van der Waals surface area (Å²) in [6.45, 7) is -3.25. The number of nitrogens with one attached hydrogen (secondary N) is 1. The van der Waals surface area contributed by atoms with E-state index in [4.69, 9.17) is 4.74 Å². The number of carbonyl (C=O) groups is 2. The molecule has 1 amide bonds. The van der Waals surface area contributed by atoms with Gasteiger partial charge in [0.25, 0.3) is 5.91 Å². The number of anilines is 1. The number of fused-ring (bicyclic) bond motifs is 2. The monoisotopic (exact) mass is 353 g/mol. The van der Waals surface area contributed by atoms with E-state index in [0.717, 1.165) is 12.3 Å². The Hall–Kier alpha value is -2.18. The normalized spacial score (nSPS) is 24.4. The van der Waals surface area contributed by atoms with Crippen molar-refractivity contribution in [3.05, 3.63) is 24.3 Å². The van der Waals surface area contributed by atoms with Gasteiger partial charge in [0.2, 0.25) is 0 Å². The maximum Gasteiger partial charge on any atom is 0.387 e. The SMILES string of the molecule is O=C(COC(=O)C[C@@H]1C[C@H]2CC[C@@H]1C2)Nc1ccc(OC(F)F)cc1. The molecule has 0 heterocycles. The topological polar surface area (TPSA) is 64.6 Å². The van der Waals surface area contributed by atoms with Gasteiger partial charge in [0.05, 0.1) is 0 Å². The van der Waals surface area contributed by atoms with Crippen molar-refractivity contribution in [2.45, 2.75) is 38.7 Å². The minimum atomic E-state index is -2.89. The molecule has 136 valence electrons. The van der Waals surface area contributed by atoms with Crippen LogP contribution in [0, 0.1) is 17.8 Å². The number of rotatable bonds is 7. The highest BCUT2D eigenvalue weighted by molar-refractivity contribution is 5.92. The lowest BCUT2D eigenvalue weighted by Gasteiger charge is -2.20. The van der Waals surface area contributed by atoms with Crippen LogP contribution in [0.3, 0.4) is 0 Å². The molecule has 0 saturated heterocycles. The van der Waals surface area contributed by atoms with Crippen molar-refractivity contribution in [1.29, 1.82) is 0 Å². The molecule has 3 atom stereocenters. The van der Waals surface area contributed by atoms with Crippen molar-refractivity contribution >= 4 is 17.6 Å². The lowest BCUT2D eigenvalue weighted by molar-refractivity contribution is -0.148. The summed E-state index contributed by atoms with van der Waals surface area (Å²) in [5, 5.41) is 2.54. The Labute approximate surface area is 144 Å². The van der Waals surface area contributed by atoms with Crippen LogP contribution in [0.5, 0.6) is 5.75 Å². The molecule has 1 N–H and O–H groups in total. The maximum absolute atomic E-state index is 12.1. The van der Waals surface area contributed by atoms with E-state index in [-0.39, 0.29) is 18.3 Å². The molecule has 2 aliphatic carbocycles. The number of halogens is 2. The van der Waals surface area contributed by atoms with E-state index in [1.165, 1.54) is 43.5 Å². The molecule has 2 bridgehead atoms. The molecule has 7 heteroatoms. The molecular weight excluding hydrogens is 332 g/mol. The van der Waals surface area contributed by atoms with Gasteiger partial charge >= 0.3 is 12.6 Å². The lowest BCUT2D eigenvalue weighted by atomic mass is 9.86. The molecule has 2 fully saturated rings. The fourth-order valence-electron chi connectivity index (χ4n) is 3.96. The summed E-state index contributed by atoms with van der Waals surface area (Å²) in [5.74, 6) is 1.00. The Balaban J connectivity index is 1.38. The Morgan fingerprint density at radius 2 is 1.92 bits per heavy atom. The molecule has 5 nitrogen and oxygen atoms in total. The minimum Gasteiger partial charge on any atom is -0.456 e. The highest BCUT2D eigenvalue weighted by atomic mass is 19.3. The van der Waals surface area contributed by atoms with Crippen LogP contribution in [0.25, 0.3) is 0 Å². The van der Waals surface area contributed by atoms with Gasteiger partial charge in [-0.05, 0) is 61.3 Å². The zero-order chi connectivity index (χ0) is 17.8. The summed E-state index contributed by atoms with van der Waals surface area (Å²) in [6.07, 6.45) is 5.19. The van der Waals surface area contributed by atoms with Crippen LogP contribution in [-0.4, -0.2) is 25.1 Å². The first kappa shape index (κ1) is 17.6. The van der Waals surface area contributed by atoms with Crippen molar-refractivity contribution in [3.63, 3.8) is 0 Å². The Morgan fingerprint density at radius 1 is 1.16 bits per heavy atom. The third-order valence-corrected chi connectivity index (χ3v) is 5.04. The zero-order valence-corrected chi connectivity index (χ0v) is 13.8. The van der Waals surface area contributed by atoms with Crippen LogP contribution in [0.15, 0.2) is 24.3 Å². The Bertz CT molecular complexity index is 620. The Morgan fingerprint density at radius 3 is 2.52 bits per heavy atom. The van der Waals surface area contributed by atoms with E-state index in [9.17, 15) is 18.4 Å². The molecular formula is C18H21F2NO4. The van der Waals surface area contributed by atoms with Crippen LogP contribution >= 0.6 is 0 Å². The first-order chi connectivity index (χ1) is 12.0. The first-order valence-electron chi connectivity index (χ1n) is 8.50. The number of hydrogen-bond donors (Lipinski definition) is 1. The predicted molar refractivity (Wildman–Crippen MR) is 86.2 cm³/mol. The van der Waals surface area contributed by atoms with E-state index in [0.29, 0.717) is 23.9 Å². The fraction of sp³-hybridized carbons (Fsp3) is 0.556. The van der Waals surface area contributed by atoms with Crippen molar-refractivity contribution < 1.29 is 27.8 Å². The van der Waals surface area contributed by atoms with Crippen LogP contribution in [0.1, 0.15) is 32.1 Å². The van der Waals surface area contributed by atoms with Gasteiger partial charge in [0, 0.05) is 12.1 Å². The quantitative estimate of drug-likeness (QED) is 0.761. The number of benzene rings is 1. The van der Waals surface area contributed by atoms with Crippen molar-refractivity contribution in [1.82, 2.24) is 0 Å². The largest absolute Gasteiger partial charge is 0.456 e. The van der Waals surface area contributed by atoms with Gasteiger partial charge in [-0.25, -0.2) is 0 Å². The van der Waals surface area contributed by atoms with Gasteiger partial charge in [-0.2, -0.15) is 8.78 Å². The molecule has 2 saturated carbocycles. The first-order valence-corrected chi connectivity index (χ1v) is 8.50. The van der Waals surface area contributed by atoms with Crippen LogP contribution < -0.4 is 10.1 Å². The molecule has 1 aromatic carbocycles. The molecule has 2 aliphatic rings. The van der Waals surface area contributed by atoms with Gasteiger partial charge < -0.3 is 14.8 Å². The van der Waals surface area contributed by atoms with E-state index >= 15 is 0 Å². The smallest absolute Gasteiger partial charge is 0.387 e. The van der Waals surface area contributed by atoms with Crippen molar-refractivity contribution in [3.8, 4) is 5.75 Å². The van der Waals surface area contributed by atoms with Gasteiger partial charge in [-0.1, -0.05) is 6.42 Å². The highest BCUT2D eigenvalue weighted by Gasteiger charge is 2.40. The summed E-state index contributed by atoms with van der Waals surface area (Å²) >= 11 is 0. The fourth-order valence-corrected chi connectivity index (χ4v) is 3.96. The highest BCUT2D eigenvalue weighted by Crippen LogP contribution is 2.49. The van der Waals surface area contributed by atoms with Crippen molar-refractivity contribution in [2.75, 3.05) is 11.9 Å². The Kier molecular flexibility index (Phi) is 5.50. The standard InChI is InChI=1S/C18H21F2NO4/c19-18(20)25-15-5-3-14(4-6-15)21-16(22)10-24-17(23)9-13-8-11-1-2-12(13)7-11/h3-6,11-13,18H,1-2,7-10H2,(H,21,22)/t11-,12+,13-/m0/s1. The van der Waals surface area contributed by atoms with Crippen LogP contribution in [0.4, 0.5) is 14.5 Å². The second kappa shape index (κ2) is 7.80. The number of amides is 1. The van der Waals surface area contributed by atoms with Crippen LogP contribution in [0.2, 0.25) is 0 Å². The summed E-state index contributed by atoms with van der Waals surface area (Å²) in [6, 6.07) is 5.52. The number of esters is 1. The number of hydrogen-bond acceptors (Lipinski definition) is 4. The average molecular weight is 353 g/mol. The van der Waals surface area contributed by atoms with Crippen molar-refractivity contribution in [2.24, 2.45) is 17.8 Å². The third-order valence-electron chi connectivity index (χ3n) is 5.04. The van der Waals surface area contributed by atoms with Gasteiger partial charge in [0.15, 0.2) is 6.61 Å². The van der Waals surface area contributed by atoms with Crippen LogP contribution in [-0.2, 0) is 14.3 Å². The van der Waals surface area contributed by atoms with Gasteiger partial charge in [0.1, 0.15) is 5.75 Å². The van der Waals surface area contributed by atoms with E-state index < -0.39 is 12.5 Å². The third kappa shape index (κ3) is 4.90. The van der Waals surface area contributed by atoms with Gasteiger partial charge in [-0.15, -0.1) is 0 Å². The molecule has 0 unspecified atom stereocenters. The predicted octanol–water partition coefficient (Wildman–Crippen LogP) is 3.60. The molecule has 3 rings (SSSR count). The second-order valence-electron chi connectivity index (χ2n) is 6.75. The number of carbonyl (C=O) groups excluding carboxylic acids is 2. The summed E-state index contributed by atoms with van der Waals surface area (Å²) in [7, 11) is 0. The second-order valence-corrected chi connectivity index (χ2v) is 6.75. The molecule has 0 radical (unpaired) electrons. The lowest BCUT2D eigenvalue weighted by Crippen LogP contribution is -2.23. The van der Waals surface area contributed by atoms with E-state index in [1.54, 1.807) is 0 Å². The summed E-state index contributed by atoms with van der Waals surface area (Å²) < 4.78 is 33.4. The summed E-state index contributed by atoms with van der Waals surface area (Å²) in [5.41, 5.74) is 0.413. The van der Waals surface area contributed by atoms with Gasteiger partial charge in [-0.3, -0.25) is 9.59 Å². The molecule has 0 aliphatic heterocycles. The molecule has 1 aromatic rings. The van der Waals surface area contributed by atoms with E-state index in [1.807, 2.05) is 0 Å². The number of alkyl halides is 2.